The maximum absolute atomic E-state index is 13.6. The Morgan fingerprint density at radius 2 is 1.73 bits per heavy atom. The van der Waals surface area contributed by atoms with Gasteiger partial charge in [0, 0.05) is 42.2 Å². The summed E-state index contributed by atoms with van der Waals surface area (Å²) >= 11 is 0. The molecule has 3 heterocycles. The van der Waals surface area contributed by atoms with Crippen LogP contribution in [0.15, 0.2) is 61.1 Å². The molecule has 0 spiro atoms. The number of hydrazine groups is 1. The van der Waals surface area contributed by atoms with Gasteiger partial charge < -0.3 is 5.73 Å². The Morgan fingerprint density at radius 3 is 2.39 bits per heavy atom. The molecular formula is C24H23N7O2. The first-order valence-corrected chi connectivity index (χ1v) is 10.3. The molecule has 0 aliphatic rings. The van der Waals surface area contributed by atoms with Crippen molar-refractivity contribution in [2.75, 3.05) is 17.8 Å². The third kappa shape index (κ3) is 4.62. The van der Waals surface area contributed by atoms with Crippen molar-refractivity contribution in [1.29, 1.82) is 0 Å². The molecule has 4 rings (SSSR count). The lowest BCUT2D eigenvalue weighted by molar-refractivity contribution is 0.0726. The van der Waals surface area contributed by atoms with Gasteiger partial charge in [-0.25, -0.2) is 20.0 Å². The van der Waals surface area contributed by atoms with Crippen LogP contribution in [0.2, 0.25) is 0 Å². The molecule has 0 bridgehead atoms. The monoisotopic (exact) mass is 441 g/mol. The first kappa shape index (κ1) is 21.8. The topological polar surface area (TPSA) is 118 Å². The fourth-order valence-electron chi connectivity index (χ4n) is 3.34. The number of hydrogen-bond acceptors (Lipinski definition) is 8. The van der Waals surface area contributed by atoms with Crippen LogP contribution in [0.5, 0.6) is 0 Å². The van der Waals surface area contributed by atoms with Gasteiger partial charge in [-0.2, -0.15) is 0 Å². The summed E-state index contributed by atoms with van der Waals surface area (Å²) in [7, 11) is 1.71. The molecule has 0 saturated carbocycles. The van der Waals surface area contributed by atoms with Crippen LogP contribution in [0, 0.1) is 6.92 Å². The van der Waals surface area contributed by atoms with E-state index in [-0.39, 0.29) is 18.2 Å². The third-order valence-corrected chi connectivity index (χ3v) is 5.27. The van der Waals surface area contributed by atoms with Crippen molar-refractivity contribution in [2.45, 2.75) is 20.4 Å². The number of nitrogens with two attached hydrogens (primary N) is 1. The lowest BCUT2D eigenvalue weighted by Crippen LogP contribution is -2.45. The summed E-state index contributed by atoms with van der Waals surface area (Å²) in [5.74, 6) is 0.484. The number of hydrogen-bond donors (Lipinski definition) is 1. The van der Waals surface area contributed by atoms with Gasteiger partial charge in [-0.3, -0.25) is 19.6 Å². The van der Waals surface area contributed by atoms with Crippen LogP contribution in [0.25, 0.3) is 10.9 Å². The number of nitrogens with zero attached hydrogens (tertiary/aromatic N) is 6. The van der Waals surface area contributed by atoms with Gasteiger partial charge >= 0.3 is 0 Å². The number of amides is 1. The molecule has 0 saturated heterocycles. The number of pyridine rings is 2. The Labute approximate surface area is 190 Å². The maximum atomic E-state index is 13.6. The van der Waals surface area contributed by atoms with Gasteiger partial charge in [0.15, 0.2) is 5.78 Å². The second-order valence-corrected chi connectivity index (χ2v) is 7.63. The van der Waals surface area contributed by atoms with Crippen LogP contribution in [0.3, 0.4) is 0 Å². The van der Waals surface area contributed by atoms with Gasteiger partial charge in [0.1, 0.15) is 5.82 Å². The molecule has 0 aliphatic heterocycles. The Balaban J connectivity index is 1.71. The Hall–Kier alpha value is -4.40. The van der Waals surface area contributed by atoms with E-state index in [9.17, 15) is 9.59 Å². The molecule has 9 heteroatoms. The number of nitrogen functional groups attached to an aromatic ring is 1. The number of aryl methyl sites for hydroxylation is 1. The van der Waals surface area contributed by atoms with Gasteiger partial charge in [0.05, 0.1) is 17.8 Å². The summed E-state index contributed by atoms with van der Waals surface area (Å²) in [6.07, 6.45) is 4.72. The molecule has 1 amide bonds. The van der Waals surface area contributed by atoms with Gasteiger partial charge in [-0.1, -0.05) is 0 Å². The van der Waals surface area contributed by atoms with Crippen LogP contribution in [-0.2, 0) is 6.54 Å². The predicted molar refractivity (Wildman–Crippen MR) is 125 cm³/mol. The molecule has 0 fully saturated rings. The largest absolute Gasteiger partial charge is 0.383 e. The smallest absolute Gasteiger partial charge is 0.272 e. The number of Topliss-reactive ketones (excluding diaryl/α,β-unsaturated/α-hetero) is 1. The summed E-state index contributed by atoms with van der Waals surface area (Å²) in [5, 5.41) is 3.90. The number of carbonyl (C=O) groups is 2. The highest BCUT2D eigenvalue weighted by atomic mass is 16.2. The highest BCUT2D eigenvalue weighted by Gasteiger charge is 2.23. The Kier molecular flexibility index (Phi) is 5.95. The molecule has 2 N–H and O–H groups in total. The first-order chi connectivity index (χ1) is 15.8. The summed E-state index contributed by atoms with van der Waals surface area (Å²) < 4.78 is 0. The van der Waals surface area contributed by atoms with Gasteiger partial charge in [-0.15, -0.1) is 0 Å². The van der Waals surface area contributed by atoms with E-state index in [1.807, 2.05) is 13.0 Å². The number of rotatable bonds is 6. The number of ketones is 1. The van der Waals surface area contributed by atoms with Crippen LogP contribution in [-0.4, -0.2) is 43.7 Å². The fourth-order valence-corrected chi connectivity index (χ4v) is 3.34. The van der Waals surface area contributed by atoms with E-state index in [0.717, 1.165) is 10.9 Å². The minimum Gasteiger partial charge on any atom is -0.383 e. The number of fused-ring (bicyclic) bond motifs is 1. The summed E-state index contributed by atoms with van der Waals surface area (Å²) in [5.41, 5.74) is 9.06. The molecular weight excluding hydrogens is 418 g/mol. The summed E-state index contributed by atoms with van der Waals surface area (Å²) in [6.45, 7) is 3.51. The molecule has 0 unspecified atom stereocenters. The SMILES string of the molecule is CC(=O)c1ccc(CN(C(=O)c2ccc3nc(N)c(C)cc3c2)N(C)c2ncccn2)nc1. The zero-order chi connectivity index (χ0) is 23.5. The van der Waals surface area contributed by atoms with Crippen molar-refractivity contribution in [1.82, 2.24) is 24.9 Å². The summed E-state index contributed by atoms with van der Waals surface area (Å²) in [6, 6.07) is 12.3. The van der Waals surface area contributed by atoms with E-state index in [1.54, 1.807) is 60.8 Å². The third-order valence-electron chi connectivity index (χ3n) is 5.27. The van der Waals surface area contributed by atoms with Gasteiger partial charge in [-0.05, 0) is 61.9 Å². The lowest BCUT2D eigenvalue weighted by atomic mass is 10.1. The average Bonchev–Trinajstić information content (AvgIpc) is 2.83. The molecule has 166 valence electrons. The van der Waals surface area contributed by atoms with Crippen molar-refractivity contribution in [2.24, 2.45) is 0 Å². The van der Waals surface area contributed by atoms with E-state index >= 15 is 0 Å². The number of carbonyl (C=O) groups excluding carboxylic acids is 2. The number of benzene rings is 1. The minimum atomic E-state index is -0.265. The van der Waals surface area contributed by atoms with E-state index in [0.29, 0.717) is 34.1 Å². The minimum absolute atomic E-state index is 0.0718. The molecule has 1 aromatic carbocycles. The Bertz CT molecular complexity index is 1320. The molecule has 33 heavy (non-hydrogen) atoms. The molecule has 9 nitrogen and oxygen atoms in total. The molecule has 4 aromatic rings. The quantitative estimate of drug-likeness (QED) is 0.358. The lowest BCUT2D eigenvalue weighted by Gasteiger charge is -2.31. The van der Waals surface area contributed by atoms with E-state index < -0.39 is 0 Å². The van der Waals surface area contributed by atoms with Crippen molar-refractivity contribution in [3.8, 4) is 0 Å². The van der Waals surface area contributed by atoms with Crippen LogP contribution in [0.1, 0.15) is 38.9 Å². The van der Waals surface area contributed by atoms with Gasteiger partial charge in [0.2, 0.25) is 5.95 Å². The zero-order valence-electron chi connectivity index (χ0n) is 18.6. The van der Waals surface area contributed by atoms with Crippen molar-refractivity contribution in [3.05, 3.63) is 83.4 Å². The molecule has 0 aliphatic carbocycles. The van der Waals surface area contributed by atoms with Crippen LogP contribution < -0.4 is 10.7 Å². The highest BCUT2D eigenvalue weighted by molar-refractivity contribution is 5.99. The van der Waals surface area contributed by atoms with E-state index in [2.05, 4.69) is 19.9 Å². The molecule has 3 aromatic heterocycles. The van der Waals surface area contributed by atoms with Crippen LogP contribution in [0.4, 0.5) is 11.8 Å². The first-order valence-electron chi connectivity index (χ1n) is 10.3. The maximum Gasteiger partial charge on any atom is 0.272 e. The molecule has 0 radical (unpaired) electrons. The fraction of sp³-hybridized carbons (Fsp3) is 0.167. The Morgan fingerprint density at radius 1 is 1.00 bits per heavy atom. The highest BCUT2D eigenvalue weighted by Crippen LogP contribution is 2.22. The summed E-state index contributed by atoms with van der Waals surface area (Å²) in [4.78, 5) is 42.5. The second kappa shape index (κ2) is 8.99. The van der Waals surface area contributed by atoms with Crippen molar-refractivity contribution < 1.29 is 9.59 Å². The molecule has 0 atom stereocenters. The number of aromatic nitrogens is 4. The van der Waals surface area contributed by atoms with E-state index in [4.69, 9.17) is 5.73 Å². The van der Waals surface area contributed by atoms with Crippen molar-refractivity contribution in [3.63, 3.8) is 0 Å². The number of anilines is 2. The van der Waals surface area contributed by atoms with Crippen molar-refractivity contribution >= 4 is 34.4 Å². The van der Waals surface area contributed by atoms with Gasteiger partial charge in [0.25, 0.3) is 5.91 Å². The average molecular weight is 441 g/mol. The van der Waals surface area contributed by atoms with Crippen LogP contribution >= 0.6 is 0 Å². The standard InChI is InChI=1S/C24H23N7O2/c1-15-11-19-12-17(6-8-21(19)29-22(15)25)23(33)31(30(3)24-26-9-4-10-27-24)14-20-7-5-18(13-28-20)16(2)32/h4-13H,14H2,1-3H3,(H2,25,29). The van der Waals surface area contributed by atoms with E-state index in [1.165, 1.54) is 18.1 Å². The second-order valence-electron chi connectivity index (χ2n) is 7.63. The zero-order valence-corrected chi connectivity index (χ0v) is 18.6. The predicted octanol–water partition coefficient (Wildman–Crippen LogP) is 3.21. The normalized spacial score (nSPS) is 10.8.